The first kappa shape index (κ1) is 12.4. The number of amides is 1. The molecule has 0 saturated heterocycles. The van der Waals surface area contributed by atoms with E-state index in [0.29, 0.717) is 12.6 Å². The predicted molar refractivity (Wildman–Crippen MR) is 55.6 cm³/mol. The van der Waals surface area contributed by atoms with Crippen molar-refractivity contribution in [3.8, 4) is 0 Å². The minimum absolute atomic E-state index is 0.184. The quantitative estimate of drug-likeness (QED) is 0.653. The van der Waals surface area contributed by atoms with Gasteiger partial charge in [0.1, 0.15) is 0 Å². The second-order valence-electron chi connectivity index (χ2n) is 3.45. The van der Waals surface area contributed by atoms with E-state index in [2.05, 4.69) is 24.5 Å². The molecule has 0 aromatic rings. The van der Waals surface area contributed by atoms with Gasteiger partial charge in [0.15, 0.2) is 0 Å². The van der Waals surface area contributed by atoms with Gasteiger partial charge in [-0.15, -0.1) is 0 Å². The van der Waals surface area contributed by atoms with E-state index in [4.69, 9.17) is 0 Å². The van der Waals surface area contributed by atoms with Gasteiger partial charge in [0.25, 0.3) is 0 Å². The summed E-state index contributed by atoms with van der Waals surface area (Å²) in [5, 5.41) is 6.01. The molecule has 0 aliphatic heterocycles. The van der Waals surface area contributed by atoms with Gasteiger partial charge in [0, 0.05) is 18.5 Å². The maximum Gasteiger partial charge on any atom is 0.223 e. The van der Waals surface area contributed by atoms with E-state index in [1.54, 1.807) is 0 Å². The van der Waals surface area contributed by atoms with Crippen LogP contribution in [0.2, 0.25) is 0 Å². The van der Waals surface area contributed by atoms with E-state index in [-0.39, 0.29) is 11.8 Å². The van der Waals surface area contributed by atoms with Crippen LogP contribution in [0.3, 0.4) is 0 Å². The molecule has 0 radical (unpaired) electrons. The third kappa shape index (κ3) is 4.88. The lowest BCUT2D eigenvalue weighted by Gasteiger charge is -2.15. The largest absolute Gasteiger partial charge is 0.354 e. The maximum absolute atomic E-state index is 11.5. The number of likely N-dealkylation sites (N-methyl/N-ethyl adjacent to an activating group) is 1. The van der Waals surface area contributed by atoms with E-state index in [9.17, 15) is 4.79 Å². The van der Waals surface area contributed by atoms with Crippen molar-refractivity contribution >= 4 is 5.91 Å². The molecule has 0 aliphatic rings. The molecule has 3 heteroatoms. The summed E-state index contributed by atoms with van der Waals surface area (Å²) >= 11 is 0. The second-order valence-corrected chi connectivity index (χ2v) is 3.45. The van der Waals surface area contributed by atoms with Gasteiger partial charge in [-0.1, -0.05) is 13.8 Å². The number of hydrogen-bond acceptors (Lipinski definition) is 2. The Morgan fingerprint density at radius 2 is 1.85 bits per heavy atom. The molecule has 13 heavy (non-hydrogen) atoms. The summed E-state index contributed by atoms with van der Waals surface area (Å²) in [7, 11) is 1.90. The monoisotopic (exact) mass is 186 g/mol. The molecule has 0 saturated carbocycles. The van der Waals surface area contributed by atoms with Gasteiger partial charge in [-0.05, 0) is 26.8 Å². The Kier molecular flexibility index (Phi) is 6.59. The van der Waals surface area contributed by atoms with Crippen LogP contribution in [0.5, 0.6) is 0 Å². The molecular formula is C10H22N2O. The first-order valence-electron chi connectivity index (χ1n) is 5.10. The van der Waals surface area contributed by atoms with Gasteiger partial charge in [0.05, 0.1) is 0 Å². The molecule has 0 rings (SSSR count). The topological polar surface area (TPSA) is 41.1 Å². The maximum atomic E-state index is 11.5. The van der Waals surface area contributed by atoms with Gasteiger partial charge in [-0.25, -0.2) is 0 Å². The highest BCUT2D eigenvalue weighted by atomic mass is 16.1. The van der Waals surface area contributed by atoms with Crippen molar-refractivity contribution < 1.29 is 4.79 Å². The lowest BCUT2D eigenvalue weighted by atomic mass is 10.0. The molecule has 2 N–H and O–H groups in total. The van der Waals surface area contributed by atoms with Crippen molar-refractivity contribution in [3.05, 3.63) is 0 Å². The fourth-order valence-corrected chi connectivity index (χ4v) is 1.16. The van der Waals surface area contributed by atoms with Gasteiger partial charge < -0.3 is 10.6 Å². The predicted octanol–water partition coefficient (Wildman–Crippen LogP) is 1.15. The van der Waals surface area contributed by atoms with Crippen LogP contribution in [0.25, 0.3) is 0 Å². The summed E-state index contributed by atoms with van der Waals surface area (Å²) in [5.41, 5.74) is 0. The van der Waals surface area contributed by atoms with Crippen molar-refractivity contribution in [1.82, 2.24) is 10.6 Å². The average molecular weight is 186 g/mol. The van der Waals surface area contributed by atoms with E-state index >= 15 is 0 Å². The number of nitrogens with one attached hydrogen (secondary N) is 2. The highest BCUT2D eigenvalue weighted by molar-refractivity contribution is 5.78. The summed E-state index contributed by atoms with van der Waals surface area (Å²) in [4.78, 5) is 11.5. The Bertz CT molecular complexity index is 144. The molecule has 0 spiro atoms. The Balaban J connectivity index is 3.72. The van der Waals surface area contributed by atoms with E-state index < -0.39 is 0 Å². The third-order valence-corrected chi connectivity index (χ3v) is 2.43. The first-order valence-corrected chi connectivity index (χ1v) is 5.10. The van der Waals surface area contributed by atoms with Crippen molar-refractivity contribution in [3.63, 3.8) is 0 Å². The third-order valence-electron chi connectivity index (χ3n) is 2.43. The van der Waals surface area contributed by atoms with Crippen LogP contribution >= 0.6 is 0 Å². The van der Waals surface area contributed by atoms with Crippen LogP contribution in [0.4, 0.5) is 0 Å². The SMILES string of the molecule is CCC(CC)C(=O)NCC(C)NC. The van der Waals surface area contributed by atoms with Gasteiger partial charge in [-0.2, -0.15) is 0 Å². The molecule has 0 heterocycles. The van der Waals surface area contributed by atoms with E-state index in [0.717, 1.165) is 12.8 Å². The molecular weight excluding hydrogens is 164 g/mol. The van der Waals surface area contributed by atoms with E-state index in [1.807, 2.05) is 14.0 Å². The molecule has 0 aromatic carbocycles. The lowest BCUT2D eigenvalue weighted by molar-refractivity contribution is -0.125. The fraction of sp³-hybridized carbons (Fsp3) is 0.900. The molecule has 0 bridgehead atoms. The highest BCUT2D eigenvalue weighted by Gasteiger charge is 2.13. The minimum atomic E-state index is 0.184. The Hall–Kier alpha value is -0.570. The van der Waals surface area contributed by atoms with Crippen LogP contribution in [0.15, 0.2) is 0 Å². The van der Waals surface area contributed by atoms with Crippen LogP contribution in [-0.2, 0) is 4.79 Å². The number of carbonyl (C=O) groups is 1. The number of rotatable bonds is 6. The van der Waals surface area contributed by atoms with Crippen LogP contribution in [0.1, 0.15) is 33.6 Å². The summed E-state index contributed by atoms with van der Waals surface area (Å²) < 4.78 is 0. The van der Waals surface area contributed by atoms with Gasteiger partial charge in [-0.3, -0.25) is 4.79 Å². The van der Waals surface area contributed by atoms with Crippen molar-refractivity contribution in [2.24, 2.45) is 5.92 Å². The van der Waals surface area contributed by atoms with Crippen molar-refractivity contribution in [1.29, 1.82) is 0 Å². The van der Waals surface area contributed by atoms with Crippen molar-refractivity contribution in [2.75, 3.05) is 13.6 Å². The van der Waals surface area contributed by atoms with Crippen LogP contribution < -0.4 is 10.6 Å². The highest BCUT2D eigenvalue weighted by Crippen LogP contribution is 2.06. The van der Waals surface area contributed by atoms with Crippen LogP contribution in [-0.4, -0.2) is 25.5 Å². The van der Waals surface area contributed by atoms with Crippen molar-refractivity contribution in [2.45, 2.75) is 39.7 Å². The molecule has 0 aliphatic carbocycles. The molecule has 1 unspecified atom stereocenters. The zero-order valence-electron chi connectivity index (χ0n) is 9.18. The zero-order chi connectivity index (χ0) is 10.3. The molecule has 0 aromatic heterocycles. The molecule has 1 amide bonds. The summed E-state index contributed by atoms with van der Waals surface area (Å²) in [6.07, 6.45) is 1.85. The number of hydrogen-bond donors (Lipinski definition) is 2. The van der Waals surface area contributed by atoms with Gasteiger partial charge >= 0.3 is 0 Å². The average Bonchev–Trinajstić information content (AvgIpc) is 2.16. The van der Waals surface area contributed by atoms with Gasteiger partial charge in [0.2, 0.25) is 5.91 Å². The fourth-order valence-electron chi connectivity index (χ4n) is 1.16. The summed E-state index contributed by atoms with van der Waals surface area (Å²) in [6, 6.07) is 0.346. The van der Waals surface area contributed by atoms with Crippen LogP contribution in [0, 0.1) is 5.92 Å². The zero-order valence-corrected chi connectivity index (χ0v) is 9.18. The second kappa shape index (κ2) is 6.89. The molecule has 78 valence electrons. The number of carbonyl (C=O) groups excluding carboxylic acids is 1. The smallest absolute Gasteiger partial charge is 0.223 e. The Labute approximate surface area is 81.3 Å². The van der Waals surface area contributed by atoms with E-state index in [1.165, 1.54) is 0 Å². The first-order chi connectivity index (χ1) is 6.15. The summed E-state index contributed by atoms with van der Waals surface area (Å²) in [6.45, 7) is 6.86. The normalized spacial score (nSPS) is 13.0. The molecule has 1 atom stereocenters. The molecule has 0 fully saturated rings. The summed E-state index contributed by atoms with van der Waals surface area (Å²) in [5.74, 6) is 0.371. The Morgan fingerprint density at radius 1 is 1.31 bits per heavy atom. The minimum Gasteiger partial charge on any atom is -0.354 e. The molecule has 3 nitrogen and oxygen atoms in total. The Morgan fingerprint density at radius 3 is 2.23 bits per heavy atom. The lowest BCUT2D eigenvalue weighted by Crippen LogP contribution is -2.39. The standard InChI is InChI=1S/C10H22N2O/c1-5-9(6-2)10(13)12-7-8(3)11-4/h8-9,11H,5-7H2,1-4H3,(H,12,13).